The van der Waals surface area contributed by atoms with E-state index >= 15 is 0 Å². The van der Waals surface area contributed by atoms with E-state index in [2.05, 4.69) is 36.2 Å². The second kappa shape index (κ2) is 6.19. The van der Waals surface area contributed by atoms with Crippen molar-refractivity contribution in [1.29, 1.82) is 0 Å². The normalized spacial score (nSPS) is 19.5. The fourth-order valence-electron chi connectivity index (χ4n) is 2.63. The SMILES string of the molecule is CCCc1cc(CNC)cc(N2CCC(C)C2)n1. The Bertz CT molecular complexity index is 365. The molecule has 0 aromatic carbocycles. The fraction of sp³-hybridized carbons (Fsp3) is 0.667. The Hall–Kier alpha value is -1.09. The molecule has 0 amide bonds. The van der Waals surface area contributed by atoms with E-state index in [-0.39, 0.29) is 0 Å². The Morgan fingerprint density at radius 3 is 2.89 bits per heavy atom. The molecule has 2 heterocycles. The zero-order chi connectivity index (χ0) is 13.0. The molecule has 0 saturated carbocycles. The third-order valence-electron chi connectivity index (χ3n) is 3.56. The van der Waals surface area contributed by atoms with Crippen LogP contribution in [-0.2, 0) is 13.0 Å². The molecule has 18 heavy (non-hydrogen) atoms. The quantitative estimate of drug-likeness (QED) is 0.867. The number of rotatable bonds is 5. The van der Waals surface area contributed by atoms with Gasteiger partial charge in [-0.2, -0.15) is 0 Å². The van der Waals surface area contributed by atoms with Crippen LogP contribution < -0.4 is 10.2 Å². The standard InChI is InChI=1S/C15H25N3/c1-4-5-14-8-13(10-16-3)9-15(17-14)18-7-6-12(2)11-18/h8-9,12,16H,4-7,10-11H2,1-3H3. The highest BCUT2D eigenvalue weighted by Crippen LogP contribution is 2.23. The van der Waals surface area contributed by atoms with Crippen molar-refractivity contribution in [3.8, 4) is 0 Å². The molecule has 1 aliphatic heterocycles. The maximum absolute atomic E-state index is 4.82. The second-order valence-electron chi connectivity index (χ2n) is 5.45. The van der Waals surface area contributed by atoms with Crippen molar-refractivity contribution in [3.63, 3.8) is 0 Å². The molecule has 1 atom stereocenters. The molecule has 0 radical (unpaired) electrons. The summed E-state index contributed by atoms with van der Waals surface area (Å²) in [5.74, 6) is 1.98. The van der Waals surface area contributed by atoms with Gasteiger partial charge in [-0.05, 0) is 43.5 Å². The summed E-state index contributed by atoms with van der Waals surface area (Å²) in [7, 11) is 2.00. The number of aryl methyl sites for hydroxylation is 1. The van der Waals surface area contributed by atoms with Crippen LogP contribution in [0.15, 0.2) is 12.1 Å². The Morgan fingerprint density at radius 2 is 2.28 bits per heavy atom. The average Bonchev–Trinajstić information content (AvgIpc) is 2.76. The molecule has 1 unspecified atom stereocenters. The highest BCUT2D eigenvalue weighted by atomic mass is 15.2. The highest BCUT2D eigenvalue weighted by molar-refractivity contribution is 5.44. The van der Waals surface area contributed by atoms with E-state index in [1.807, 2.05) is 7.05 Å². The average molecular weight is 247 g/mol. The predicted molar refractivity (Wildman–Crippen MR) is 77.0 cm³/mol. The molecular formula is C15H25N3. The molecule has 2 rings (SSSR count). The molecule has 0 spiro atoms. The van der Waals surface area contributed by atoms with Crippen molar-refractivity contribution in [2.24, 2.45) is 5.92 Å². The van der Waals surface area contributed by atoms with E-state index in [0.29, 0.717) is 0 Å². The Morgan fingerprint density at radius 1 is 1.44 bits per heavy atom. The van der Waals surface area contributed by atoms with Crippen LogP contribution in [0, 0.1) is 5.92 Å². The van der Waals surface area contributed by atoms with Gasteiger partial charge >= 0.3 is 0 Å². The van der Waals surface area contributed by atoms with Crippen molar-refractivity contribution in [2.75, 3.05) is 25.0 Å². The number of nitrogens with zero attached hydrogens (tertiary/aromatic N) is 2. The third-order valence-corrected chi connectivity index (χ3v) is 3.56. The first-order chi connectivity index (χ1) is 8.72. The molecule has 3 heteroatoms. The van der Waals surface area contributed by atoms with Gasteiger partial charge in [-0.25, -0.2) is 4.98 Å². The lowest BCUT2D eigenvalue weighted by Crippen LogP contribution is -2.21. The summed E-state index contributed by atoms with van der Waals surface area (Å²) in [6.45, 7) is 7.77. The monoisotopic (exact) mass is 247 g/mol. The lowest BCUT2D eigenvalue weighted by molar-refractivity contribution is 0.658. The van der Waals surface area contributed by atoms with Crippen LogP contribution in [0.5, 0.6) is 0 Å². The number of nitrogens with one attached hydrogen (secondary N) is 1. The molecule has 1 fully saturated rings. The molecular weight excluding hydrogens is 222 g/mol. The summed E-state index contributed by atoms with van der Waals surface area (Å²) < 4.78 is 0. The summed E-state index contributed by atoms with van der Waals surface area (Å²) in [5.41, 5.74) is 2.59. The number of aromatic nitrogens is 1. The smallest absolute Gasteiger partial charge is 0.129 e. The molecule has 1 aliphatic rings. The third kappa shape index (κ3) is 3.22. The van der Waals surface area contributed by atoms with Gasteiger partial charge < -0.3 is 10.2 Å². The van der Waals surface area contributed by atoms with Crippen LogP contribution in [0.25, 0.3) is 0 Å². The Kier molecular flexibility index (Phi) is 4.59. The highest BCUT2D eigenvalue weighted by Gasteiger charge is 2.20. The first-order valence-electron chi connectivity index (χ1n) is 7.12. The number of hydrogen-bond donors (Lipinski definition) is 1. The molecule has 100 valence electrons. The van der Waals surface area contributed by atoms with Gasteiger partial charge in [-0.1, -0.05) is 20.3 Å². The molecule has 1 aromatic rings. The van der Waals surface area contributed by atoms with Gasteiger partial charge in [0.2, 0.25) is 0 Å². The molecule has 1 saturated heterocycles. The maximum Gasteiger partial charge on any atom is 0.129 e. The van der Waals surface area contributed by atoms with Crippen LogP contribution in [-0.4, -0.2) is 25.1 Å². The van der Waals surface area contributed by atoms with Crippen molar-refractivity contribution < 1.29 is 0 Å². The summed E-state index contributed by atoms with van der Waals surface area (Å²) >= 11 is 0. The van der Waals surface area contributed by atoms with Crippen LogP contribution in [0.3, 0.4) is 0 Å². The molecule has 1 N–H and O–H groups in total. The van der Waals surface area contributed by atoms with E-state index in [9.17, 15) is 0 Å². The van der Waals surface area contributed by atoms with Crippen LogP contribution in [0.1, 0.15) is 37.9 Å². The number of hydrogen-bond acceptors (Lipinski definition) is 3. The Labute approximate surface area is 111 Å². The van der Waals surface area contributed by atoms with Crippen molar-refractivity contribution in [1.82, 2.24) is 10.3 Å². The second-order valence-corrected chi connectivity index (χ2v) is 5.45. The van der Waals surface area contributed by atoms with Crippen molar-refractivity contribution in [3.05, 3.63) is 23.4 Å². The lowest BCUT2D eigenvalue weighted by Gasteiger charge is -2.19. The molecule has 0 aliphatic carbocycles. The van der Waals surface area contributed by atoms with Crippen LogP contribution in [0.2, 0.25) is 0 Å². The minimum Gasteiger partial charge on any atom is -0.356 e. The van der Waals surface area contributed by atoms with Gasteiger partial charge in [0, 0.05) is 25.3 Å². The predicted octanol–water partition coefficient (Wildman–Crippen LogP) is 2.60. The van der Waals surface area contributed by atoms with Crippen molar-refractivity contribution in [2.45, 2.75) is 39.7 Å². The van der Waals surface area contributed by atoms with E-state index < -0.39 is 0 Å². The Balaban J connectivity index is 2.21. The van der Waals surface area contributed by atoms with E-state index in [1.54, 1.807) is 0 Å². The first kappa shape index (κ1) is 13.3. The maximum atomic E-state index is 4.82. The molecule has 1 aromatic heterocycles. The summed E-state index contributed by atoms with van der Waals surface area (Å²) in [5, 5.41) is 3.23. The minimum absolute atomic E-state index is 0.800. The minimum atomic E-state index is 0.800. The molecule has 3 nitrogen and oxygen atoms in total. The van der Waals surface area contributed by atoms with Gasteiger partial charge in [0.25, 0.3) is 0 Å². The first-order valence-corrected chi connectivity index (χ1v) is 7.12. The fourth-order valence-corrected chi connectivity index (χ4v) is 2.63. The lowest BCUT2D eigenvalue weighted by atomic mass is 10.1. The summed E-state index contributed by atoms with van der Waals surface area (Å²) in [4.78, 5) is 7.25. The van der Waals surface area contributed by atoms with Gasteiger partial charge in [0.15, 0.2) is 0 Å². The number of anilines is 1. The van der Waals surface area contributed by atoms with Gasteiger partial charge in [-0.3, -0.25) is 0 Å². The van der Waals surface area contributed by atoms with Crippen LogP contribution in [0.4, 0.5) is 5.82 Å². The zero-order valence-corrected chi connectivity index (χ0v) is 11.9. The van der Waals surface area contributed by atoms with Gasteiger partial charge in [0.05, 0.1) is 0 Å². The largest absolute Gasteiger partial charge is 0.356 e. The van der Waals surface area contributed by atoms with Crippen molar-refractivity contribution >= 4 is 5.82 Å². The van der Waals surface area contributed by atoms with E-state index in [1.165, 1.54) is 23.5 Å². The zero-order valence-electron chi connectivity index (χ0n) is 11.9. The van der Waals surface area contributed by atoms with Gasteiger partial charge in [0.1, 0.15) is 5.82 Å². The topological polar surface area (TPSA) is 28.2 Å². The number of pyridine rings is 1. The summed E-state index contributed by atoms with van der Waals surface area (Å²) in [6.07, 6.45) is 3.53. The molecule has 0 bridgehead atoms. The van der Waals surface area contributed by atoms with E-state index in [0.717, 1.165) is 38.4 Å². The van der Waals surface area contributed by atoms with E-state index in [4.69, 9.17) is 4.98 Å². The van der Waals surface area contributed by atoms with Gasteiger partial charge in [-0.15, -0.1) is 0 Å². The summed E-state index contributed by atoms with van der Waals surface area (Å²) in [6, 6.07) is 4.48. The van der Waals surface area contributed by atoms with Crippen LogP contribution >= 0.6 is 0 Å².